The van der Waals surface area contributed by atoms with Gasteiger partial charge in [0.15, 0.2) is 5.78 Å². The summed E-state index contributed by atoms with van der Waals surface area (Å²) >= 11 is 9.63. The molecule has 1 nitrogen and oxygen atoms in total. The summed E-state index contributed by atoms with van der Waals surface area (Å²) in [6, 6.07) is 15.0. The van der Waals surface area contributed by atoms with Crippen molar-refractivity contribution in [3.63, 3.8) is 0 Å². The van der Waals surface area contributed by atoms with E-state index in [2.05, 4.69) is 15.9 Å². The number of benzene rings is 2. The highest BCUT2D eigenvalue weighted by molar-refractivity contribution is 9.10. The second-order valence-electron chi connectivity index (χ2n) is 4.10. The fourth-order valence-electron chi connectivity index (χ4n) is 1.77. The van der Waals surface area contributed by atoms with Gasteiger partial charge in [-0.05, 0) is 30.2 Å². The van der Waals surface area contributed by atoms with Gasteiger partial charge in [-0.15, -0.1) is 11.6 Å². The molecule has 92 valence electrons. The van der Waals surface area contributed by atoms with Gasteiger partial charge in [0.25, 0.3) is 0 Å². The maximum atomic E-state index is 12.4. The van der Waals surface area contributed by atoms with Gasteiger partial charge in [-0.2, -0.15) is 0 Å². The van der Waals surface area contributed by atoms with E-state index in [-0.39, 0.29) is 5.78 Å². The number of halogens is 2. The summed E-state index contributed by atoms with van der Waals surface area (Å²) in [6.45, 7) is 1.91. The van der Waals surface area contributed by atoms with Crippen LogP contribution in [0.3, 0.4) is 0 Å². The molecule has 2 aromatic carbocycles. The Morgan fingerprint density at radius 2 is 1.83 bits per heavy atom. The van der Waals surface area contributed by atoms with Crippen LogP contribution in [0.2, 0.25) is 0 Å². The Balaban J connectivity index is 2.34. The standard InChI is InChI=1S/C15H12BrClO/c1-10-7-8-12(16)9-13(10)15(18)14(17)11-5-3-2-4-6-11/h2-9,14H,1H3. The normalized spacial score (nSPS) is 12.2. The van der Waals surface area contributed by atoms with Crippen molar-refractivity contribution in [3.05, 3.63) is 69.7 Å². The van der Waals surface area contributed by atoms with Crippen LogP contribution in [-0.4, -0.2) is 5.78 Å². The summed E-state index contributed by atoms with van der Waals surface area (Å²) in [5, 5.41) is -0.640. The molecule has 3 heteroatoms. The van der Waals surface area contributed by atoms with E-state index >= 15 is 0 Å². The van der Waals surface area contributed by atoms with Crippen molar-refractivity contribution in [2.45, 2.75) is 12.3 Å². The highest BCUT2D eigenvalue weighted by atomic mass is 79.9. The summed E-state index contributed by atoms with van der Waals surface area (Å²) in [6.07, 6.45) is 0. The first-order chi connectivity index (χ1) is 8.59. The molecule has 0 heterocycles. The van der Waals surface area contributed by atoms with Crippen molar-refractivity contribution < 1.29 is 4.79 Å². The number of hydrogen-bond acceptors (Lipinski definition) is 1. The van der Waals surface area contributed by atoms with Crippen molar-refractivity contribution in [2.24, 2.45) is 0 Å². The lowest BCUT2D eigenvalue weighted by Gasteiger charge is -2.11. The van der Waals surface area contributed by atoms with E-state index in [0.717, 1.165) is 15.6 Å². The van der Waals surface area contributed by atoms with Crippen LogP contribution in [0.1, 0.15) is 26.9 Å². The van der Waals surface area contributed by atoms with E-state index in [4.69, 9.17) is 11.6 Å². The van der Waals surface area contributed by atoms with Crippen LogP contribution in [-0.2, 0) is 0 Å². The zero-order chi connectivity index (χ0) is 13.1. The van der Waals surface area contributed by atoms with Gasteiger partial charge in [0.1, 0.15) is 5.38 Å². The predicted octanol–water partition coefficient (Wildman–Crippen LogP) is 4.92. The van der Waals surface area contributed by atoms with Gasteiger partial charge in [0.05, 0.1) is 0 Å². The molecule has 0 aliphatic heterocycles. The van der Waals surface area contributed by atoms with Crippen LogP contribution in [0.25, 0.3) is 0 Å². The summed E-state index contributed by atoms with van der Waals surface area (Å²) in [5.74, 6) is -0.0679. The Morgan fingerprint density at radius 1 is 1.17 bits per heavy atom. The van der Waals surface area contributed by atoms with Crippen LogP contribution >= 0.6 is 27.5 Å². The largest absolute Gasteiger partial charge is 0.292 e. The number of hydrogen-bond donors (Lipinski definition) is 0. The van der Waals surface area contributed by atoms with Gasteiger partial charge < -0.3 is 0 Å². The number of Topliss-reactive ketones (excluding diaryl/α,β-unsaturated/α-hetero) is 1. The molecule has 0 fully saturated rings. The van der Waals surface area contributed by atoms with E-state index in [1.165, 1.54) is 0 Å². The Morgan fingerprint density at radius 3 is 2.50 bits per heavy atom. The smallest absolute Gasteiger partial charge is 0.185 e. The molecule has 0 amide bonds. The van der Waals surface area contributed by atoms with Crippen molar-refractivity contribution >= 4 is 33.3 Å². The molecule has 0 aliphatic rings. The van der Waals surface area contributed by atoms with Crippen molar-refractivity contribution in [2.75, 3.05) is 0 Å². The third-order valence-electron chi connectivity index (χ3n) is 2.79. The maximum Gasteiger partial charge on any atom is 0.185 e. The average Bonchev–Trinajstić information content (AvgIpc) is 2.41. The van der Waals surface area contributed by atoms with Gasteiger partial charge in [-0.1, -0.05) is 52.3 Å². The van der Waals surface area contributed by atoms with Crippen molar-refractivity contribution in [1.82, 2.24) is 0 Å². The Labute approximate surface area is 120 Å². The van der Waals surface area contributed by atoms with Gasteiger partial charge in [-0.25, -0.2) is 0 Å². The monoisotopic (exact) mass is 322 g/mol. The quantitative estimate of drug-likeness (QED) is 0.579. The lowest BCUT2D eigenvalue weighted by atomic mass is 9.99. The molecule has 0 radical (unpaired) electrons. The van der Waals surface area contributed by atoms with Crippen LogP contribution in [0.5, 0.6) is 0 Å². The second kappa shape index (κ2) is 5.68. The minimum absolute atomic E-state index is 0.0679. The highest BCUT2D eigenvalue weighted by Gasteiger charge is 2.20. The molecule has 2 rings (SSSR count). The van der Waals surface area contributed by atoms with E-state index in [1.54, 1.807) is 0 Å². The predicted molar refractivity (Wildman–Crippen MR) is 78.2 cm³/mol. The molecule has 2 aromatic rings. The summed E-state index contributed by atoms with van der Waals surface area (Å²) in [4.78, 5) is 12.4. The van der Waals surface area contributed by atoms with Crippen LogP contribution in [0, 0.1) is 6.92 Å². The molecule has 1 atom stereocenters. The molecule has 1 unspecified atom stereocenters. The summed E-state index contributed by atoms with van der Waals surface area (Å²) in [7, 11) is 0. The molecule has 0 spiro atoms. The Bertz CT molecular complexity index is 566. The van der Waals surface area contributed by atoms with E-state index < -0.39 is 5.38 Å². The van der Waals surface area contributed by atoms with E-state index in [1.807, 2.05) is 55.5 Å². The average molecular weight is 324 g/mol. The first-order valence-electron chi connectivity index (χ1n) is 5.59. The molecular weight excluding hydrogens is 312 g/mol. The summed E-state index contributed by atoms with van der Waals surface area (Å²) < 4.78 is 0.883. The van der Waals surface area contributed by atoms with Gasteiger partial charge in [0.2, 0.25) is 0 Å². The first-order valence-corrected chi connectivity index (χ1v) is 6.82. The number of carbonyl (C=O) groups excluding carboxylic acids is 1. The van der Waals surface area contributed by atoms with E-state index in [9.17, 15) is 4.79 Å². The lowest BCUT2D eigenvalue weighted by Crippen LogP contribution is -2.09. The number of carbonyl (C=O) groups is 1. The molecule has 0 saturated heterocycles. The van der Waals surface area contributed by atoms with Crippen LogP contribution in [0.4, 0.5) is 0 Å². The van der Waals surface area contributed by atoms with Crippen LogP contribution in [0.15, 0.2) is 53.0 Å². The zero-order valence-corrected chi connectivity index (χ0v) is 12.2. The number of alkyl halides is 1. The molecule has 0 bridgehead atoms. The maximum absolute atomic E-state index is 12.4. The molecule has 0 aliphatic carbocycles. The lowest BCUT2D eigenvalue weighted by molar-refractivity contribution is 0.0986. The zero-order valence-electron chi connectivity index (χ0n) is 9.86. The fraction of sp³-hybridized carbons (Fsp3) is 0.133. The van der Waals surface area contributed by atoms with Crippen molar-refractivity contribution in [1.29, 1.82) is 0 Å². The first kappa shape index (κ1) is 13.3. The highest BCUT2D eigenvalue weighted by Crippen LogP contribution is 2.27. The number of ketones is 1. The third-order valence-corrected chi connectivity index (χ3v) is 3.73. The minimum atomic E-state index is -0.640. The molecule has 0 N–H and O–H groups in total. The fourth-order valence-corrected chi connectivity index (χ4v) is 2.39. The second-order valence-corrected chi connectivity index (χ2v) is 5.45. The molecule has 0 aromatic heterocycles. The number of aryl methyl sites for hydroxylation is 1. The van der Waals surface area contributed by atoms with Gasteiger partial charge in [-0.3, -0.25) is 4.79 Å². The van der Waals surface area contributed by atoms with Crippen LogP contribution < -0.4 is 0 Å². The summed E-state index contributed by atoms with van der Waals surface area (Å²) in [5.41, 5.74) is 2.42. The number of rotatable bonds is 3. The van der Waals surface area contributed by atoms with Crippen molar-refractivity contribution in [3.8, 4) is 0 Å². The molecular formula is C15H12BrClO. The Kier molecular flexibility index (Phi) is 4.20. The van der Waals surface area contributed by atoms with E-state index in [0.29, 0.717) is 5.56 Å². The molecule has 0 saturated carbocycles. The molecule has 18 heavy (non-hydrogen) atoms. The third kappa shape index (κ3) is 2.82. The van der Waals surface area contributed by atoms with Gasteiger partial charge in [0, 0.05) is 10.0 Å². The minimum Gasteiger partial charge on any atom is -0.292 e. The Hall–Kier alpha value is -1.12. The topological polar surface area (TPSA) is 17.1 Å². The SMILES string of the molecule is Cc1ccc(Br)cc1C(=O)C(Cl)c1ccccc1. The van der Waals surface area contributed by atoms with Gasteiger partial charge >= 0.3 is 0 Å².